The van der Waals surface area contributed by atoms with Crippen molar-refractivity contribution < 1.29 is 22.4 Å². The van der Waals surface area contributed by atoms with Crippen LogP contribution in [0.5, 0.6) is 0 Å². The average Bonchev–Trinajstić information content (AvgIpc) is 3.21. The molecule has 1 amide bonds. The van der Waals surface area contributed by atoms with Crippen LogP contribution in [-0.4, -0.2) is 11.0 Å². The molecule has 6 nitrogen and oxygen atoms in total. The first-order chi connectivity index (χ1) is 14.1. The minimum atomic E-state index is -4.58. The largest absolute Gasteiger partial charge is 0.459 e. The zero-order chi connectivity index (χ0) is 21.9. The Labute approximate surface area is 179 Å². The highest BCUT2D eigenvalue weighted by atomic mass is 35.5. The van der Waals surface area contributed by atoms with Crippen molar-refractivity contribution in [1.82, 2.24) is 0 Å². The summed E-state index contributed by atoms with van der Waals surface area (Å²) < 4.78 is 43.9. The lowest BCUT2D eigenvalue weighted by Gasteiger charge is -2.16. The molecule has 0 spiro atoms. The van der Waals surface area contributed by atoms with E-state index in [0.29, 0.717) is 11.4 Å². The number of amides is 1. The van der Waals surface area contributed by atoms with Gasteiger partial charge >= 0.3 is 6.18 Å². The van der Waals surface area contributed by atoms with Crippen molar-refractivity contribution >= 4 is 57.6 Å². The summed E-state index contributed by atoms with van der Waals surface area (Å²) in [6.07, 6.45) is -3.20. The van der Waals surface area contributed by atoms with Crippen LogP contribution in [0.15, 0.2) is 59.2 Å². The van der Waals surface area contributed by atoms with Gasteiger partial charge in [-0.2, -0.15) is 13.2 Å². The smallest absolute Gasteiger partial charge is 0.416 e. The Morgan fingerprint density at radius 1 is 1.03 bits per heavy atom. The summed E-state index contributed by atoms with van der Waals surface area (Å²) in [4.78, 5) is 11.9. The van der Waals surface area contributed by atoms with E-state index in [0.717, 1.165) is 12.1 Å². The van der Waals surface area contributed by atoms with Crippen LogP contribution < -0.4 is 21.7 Å². The van der Waals surface area contributed by atoms with Crippen molar-refractivity contribution in [2.75, 3.05) is 21.7 Å². The summed E-state index contributed by atoms with van der Waals surface area (Å²) in [6.45, 7) is 0. The lowest BCUT2D eigenvalue weighted by Crippen LogP contribution is -2.20. The number of nitrogens with one attached hydrogen (secondary N) is 3. The highest BCUT2D eigenvalue weighted by Gasteiger charge is 2.32. The predicted octanol–water partition coefficient (Wildman–Crippen LogP) is 5.60. The van der Waals surface area contributed by atoms with E-state index in [1.54, 1.807) is 30.3 Å². The molecule has 0 unspecified atom stereocenters. The van der Waals surface area contributed by atoms with Gasteiger partial charge in [-0.05, 0) is 60.7 Å². The van der Waals surface area contributed by atoms with Gasteiger partial charge in [0.1, 0.15) is 0 Å². The van der Waals surface area contributed by atoms with Gasteiger partial charge in [-0.3, -0.25) is 4.79 Å². The fourth-order valence-corrected chi connectivity index (χ4v) is 2.85. The Balaban J connectivity index is 1.65. The molecule has 11 heteroatoms. The van der Waals surface area contributed by atoms with Crippen LogP contribution in [0.1, 0.15) is 16.1 Å². The third kappa shape index (κ3) is 5.22. The third-order valence-electron chi connectivity index (χ3n) is 3.85. The Kier molecular flexibility index (Phi) is 6.18. The standard InChI is InChI=1S/C19H14ClF3N4O2S/c20-13-8-10(19(21,22)23)9-14(16(13)24)27-18(30)26-12-5-3-11(4-6-12)25-17(28)15-2-1-7-29-15/h1-9H,24H2,(H,25,28)(H2,26,27,30). The lowest BCUT2D eigenvalue weighted by atomic mass is 10.1. The second-order valence-electron chi connectivity index (χ2n) is 6.00. The molecule has 1 heterocycles. The van der Waals surface area contributed by atoms with E-state index in [4.69, 9.17) is 34.0 Å². The number of nitrogens with two attached hydrogens (primary N) is 1. The van der Waals surface area contributed by atoms with Crippen molar-refractivity contribution in [2.24, 2.45) is 0 Å². The van der Waals surface area contributed by atoms with Crippen molar-refractivity contribution in [3.05, 3.63) is 71.1 Å². The number of carbonyl (C=O) groups excluding carboxylic acids is 1. The number of thiocarbonyl (C=S) groups is 1. The SMILES string of the molecule is Nc1c(Cl)cc(C(F)(F)F)cc1NC(=S)Nc1ccc(NC(=O)c2ccco2)cc1. The number of alkyl halides is 3. The normalized spacial score (nSPS) is 11.1. The van der Waals surface area contributed by atoms with Gasteiger partial charge in [0.05, 0.1) is 28.2 Å². The van der Waals surface area contributed by atoms with Crippen molar-refractivity contribution in [1.29, 1.82) is 0 Å². The zero-order valence-corrected chi connectivity index (χ0v) is 16.6. The van der Waals surface area contributed by atoms with Crippen molar-refractivity contribution in [3.8, 4) is 0 Å². The molecule has 0 saturated heterocycles. The van der Waals surface area contributed by atoms with Gasteiger partial charge in [0, 0.05) is 11.4 Å². The van der Waals surface area contributed by atoms with E-state index < -0.39 is 17.6 Å². The first-order valence-electron chi connectivity index (χ1n) is 8.32. The number of anilines is 4. The van der Waals surface area contributed by atoms with Crippen LogP contribution >= 0.6 is 23.8 Å². The fraction of sp³-hybridized carbons (Fsp3) is 0.0526. The Morgan fingerprint density at radius 3 is 2.23 bits per heavy atom. The molecule has 30 heavy (non-hydrogen) atoms. The Hall–Kier alpha value is -3.24. The second kappa shape index (κ2) is 8.64. The Morgan fingerprint density at radius 2 is 1.67 bits per heavy atom. The van der Waals surface area contributed by atoms with Gasteiger partial charge in [-0.25, -0.2) is 0 Å². The number of halogens is 4. The van der Waals surface area contributed by atoms with Gasteiger partial charge < -0.3 is 26.1 Å². The first kappa shape index (κ1) is 21.5. The molecule has 0 fully saturated rings. The molecular weight excluding hydrogens is 441 g/mol. The monoisotopic (exact) mass is 454 g/mol. The molecule has 0 atom stereocenters. The molecule has 5 N–H and O–H groups in total. The van der Waals surface area contributed by atoms with Crippen LogP contribution in [0.3, 0.4) is 0 Å². The second-order valence-corrected chi connectivity index (χ2v) is 6.82. The van der Waals surface area contributed by atoms with E-state index in [1.807, 2.05) is 0 Å². The number of nitrogen functional groups attached to an aromatic ring is 1. The number of carbonyl (C=O) groups is 1. The van der Waals surface area contributed by atoms with Gasteiger partial charge in [-0.15, -0.1) is 0 Å². The molecule has 0 aliphatic carbocycles. The van der Waals surface area contributed by atoms with Crippen LogP contribution in [-0.2, 0) is 6.18 Å². The number of hydrogen-bond acceptors (Lipinski definition) is 4. The molecule has 0 saturated carbocycles. The van der Waals surface area contributed by atoms with E-state index in [9.17, 15) is 18.0 Å². The maximum Gasteiger partial charge on any atom is 0.416 e. The van der Waals surface area contributed by atoms with Crippen LogP contribution in [0.4, 0.5) is 35.9 Å². The number of rotatable bonds is 4. The van der Waals surface area contributed by atoms with Gasteiger partial charge in [0.15, 0.2) is 10.9 Å². The molecule has 0 bridgehead atoms. The van der Waals surface area contributed by atoms with Crippen molar-refractivity contribution in [3.63, 3.8) is 0 Å². The molecular formula is C19H14ClF3N4O2S. The summed E-state index contributed by atoms with van der Waals surface area (Å²) in [5.74, 6) is -0.241. The minimum Gasteiger partial charge on any atom is -0.459 e. The highest BCUT2D eigenvalue weighted by molar-refractivity contribution is 7.80. The van der Waals surface area contributed by atoms with E-state index in [-0.39, 0.29) is 27.3 Å². The molecule has 3 rings (SSSR count). The predicted molar refractivity (Wildman–Crippen MR) is 114 cm³/mol. The molecule has 0 aliphatic heterocycles. The van der Waals surface area contributed by atoms with Crippen molar-refractivity contribution in [2.45, 2.75) is 6.18 Å². The fourth-order valence-electron chi connectivity index (χ4n) is 2.41. The molecule has 2 aromatic carbocycles. The van der Waals surface area contributed by atoms with Crippen LogP contribution in [0, 0.1) is 0 Å². The van der Waals surface area contributed by atoms with E-state index >= 15 is 0 Å². The van der Waals surface area contributed by atoms with Gasteiger partial charge in [-0.1, -0.05) is 11.6 Å². The zero-order valence-electron chi connectivity index (χ0n) is 15.0. The quantitative estimate of drug-likeness (QED) is 0.303. The summed E-state index contributed by atoms with van der Waals surface area (Å²) >= 11 is 10.9. The lowest BCUT2D eigenvalue weighted by molar-refractivity contribution is -0.137. The summed E-state index contributed by atoms with van der Waals surface area (Å²) in [5.41, 5.74) is 5.69. The van der Waals surface area contributed by atoms with E-state index in [1.165, 1.54) is 12.3 Å². The summed E-state index contributed by atoms with van der Waals surface area (Å²) in [5, 5.41) is 7.83. The molecule has 0 aliphatic rings. The highest BCUT2D eigenvalue weighted by Crippen LogP contribution is 2.37. The van der Waals surface area contributed by atoms with Gasteiger partial charge in [0.2, 0.25) is 0 Å². The number of benzene rings is 2. The number of furan rings is 1. The minimum absolute atomic E-state index is 0.00413. The average molecular weight is 455 g/mol. The third-order valence-corrected chi connectivity index (χ3v) is 4.37. The maximum atomic E-state index is 13.0. The Bertz CT molecular complexity index is 1070. The van der Waals surface area contributed by atoms with Gasteiger partial charge in [0.25, 0.3) is 5.91 Å². The molecule has 3 aromatic rings. The first-order valence-corrected chi connectivity index (χ1v) is 9.11. The molecule has 1 aromatic heterocycles. The molecule has 156 valence electrons. The number of hydrogen-bond donors (Lipinski definition) is 4. The van der Waals surface area contributed by atoms with E-state index in [2.05, 4.69) is 16.0 Å². The molecule has 0 radical (unpaired) electrons. The van der Waals surface area contributed by atoms with Crippen LogP contribution in [0.25, 0.3) is 0 Å². The summed E-state index contributed by atoms with van der Waals surface area (Å²) in [7, 11) is 0. The topological polar surface area (TPSA) is 92.3 Å². The summed E-state index contributed by atoms with van der Waals surface area (Å²) in [6, 6.07) is 11.2. The maximum absolute atomic E-state index is 13.0. The van der Waals surface area contributed by atoms with Crippen LogP contribution in [0.2, 0.25) is 5.02 Å².